The number of rotatable bonds is 4. The molecule has 25 heavy (non-hydrogen) atoms. The van der Waals surface area contributed by atoms with Crippen LogP contribution in [0.15, 0.2) is 46.9 Å². The first-order valence-electron chi connectivity index (χ1n) is 7.51. The monoisotopic (exact) mass is 422 g/mol. The van der Waals surface area contributed by atoms with Gasteiger partial charge >= 0.3 is 0 Å². The highest BCUT2D eigenvalue weighted by atomic mass is 79.9. The van der Waals surface area contributed by atoms with Crippen LogP contribution in [-0.4, -0.2) is 35.1 Å². The van der Waals surface area contributed by atoms with Gasteiger partial charge in [-0.25, -0.2) is 0 Å². The van der Waals surface area contributed by atoms with Crippen molar-refractivity contribution < 1.29 is 14.5 Å². The maximum atomic E-state index is 12.9. The van der Waals surface area contributed by atoms with Crippen LogP contribution in [0.3, 0.4) is 0 Å². The molecule has 8 heteroatoms. The van der Waals surface area contributed by atoms with E-state index in [0.29, 0.717) is 12.1 Å². The summed E-state index contributed by atoms with van der Waals surface area (Å²) in [5.74, 6) is 1.34. The Morgan fingerprint density at radius 2 is 2.16 bits per heavy atom. The Bertz CT molecular complexity index is 830. The molecular formula is C17H15BrN2O4S. The number of halogens is 1. The topological polar surface area (TPSA) is 72.7 Å². The number of carbonyl (C=O) groups is 1. The Morgan fingerprint density at radius 3 is 2.84 bits per heavy atom. The predicted octanol–water partition coefficient (Wildman–Crippen LogP) is 4.25. The van der Waals surface area contributed by atoms with Crippen LogP contribution < -0.4 is 4.74 Å². The molecular weight excluding hydrogens is 408 g/mol. The average Bonchev–Trinajstić information content (AvgIpc) is 3.10. The quantitative estimate of drug-likeness (QED) is 0.543. The maximum absolute atomic E-state index is 12.9. The van der Waals surface area contributed by atoms with Gasteiger partial charge in [-0.1, -0.05) is 12.1 Å². The molecule has 2 aromatic rings. The number of nitrogens with zero attached hydrogens (tertiary/aromatic N) is 2. The van der Waals surface area contributed by atoms with Crippen LogP contribution in [-0.2, 0) is 0 Å². The summed E-state index contributed by atoms with van der Waals surface area (Å²) in [6.45, 7) is 0.598. The number of nitro benzene ring substituents is 1. The Balaban J connectivity index is 1.88. The second-order valence-electron chi connectivity index (χ2n) is 5.42. The lowest BCUT2D eigenvalue weighted by atomic mass is 10.1. The highest BCUT2D eigenvalue weighted by molar-refractivity contribution is 9.10. The molecule has 1 aliphatic rings. The van der Waals surface area contributed by atoms with Crippen LogP contribution in [0.1, 0.15) is 21.3 Å². The van der Waals surface area contributed by atoms with Crippen molar-refractivity contribution >= 4 is 39.3 Å². The molecule has 130 valence electrons. The first-order chi connectivity index (χ1) is 12.0. The van der Waals surface area contributed by atoms with Crippen LogP contribution >= 0.6 is 27.7 Å². The molecule has 3 rings (SSSR count). The summed E-state index contributed by atoms with van der Waals surface area (Å²) in [6, 6.07) is 11.6. The Morgan fingerprint density at radius 1 is 1.36 bits per heavy atom. The molecule has 2 aromatic carbocycles. The number of amides is 1. The highest BCUT2D eigenvalue weighted by Gasteiger charge is 2.32. The lowest BCUT2D eigenvalue weighted by Gasteiger charge is -2.24. The molecule has 0 aromatic heterocycles. The number of non-ortho nitro benzene ring substituents is 1. The number of hydrogen-bond donors (Lipinski definition) is 0. The molecule has 1 aliphatic heterocycles. The van der Waals surface area contributed by atoms with Gasteiger partial charge in [0.15, 0.2) is 0 Å². The fraction of sp³-hybridized carbons (Fsp3) is 0.235. The summed E-state index contributed by atoms with van der Waals surface area (Å²) >= 11 is 5.14. The standard InChI is InChI=1S/C17H15BrN2O4S/c1-24-15-6-5-12(10-14(15)18)17-19(7-8-25-17)16(21)11-3-2-4-13(9-11)20(22)23/h2-6,9-10,17H,7-8H2,1H3. The summed E-state index contributed by atoms with van der Waals surface area (Å²) in [5, 5.41) is 10.8. The van der Waals surface area contributed by atoms with E-state index in [9.17, 15) is 14.9 Å². The zero-order valence-electron chi connectivity index (χ0n) is 13.3. The van der Waals surface area contributed by atoms with Crippen molar-refractivity contribution in [1.82, 2.24) is 4.90 Å². The molecule has 0 N–H and O–H groups in total. The van der Waals surface area contributed by atoms with Crippen molar-refractivity contribution in [2.75, 3.05) is 19.4 Å². The van der Waals surface area contributed by atoms with Crippen molar-refractivity contribution in [3.8, 4) is 5.75 Å². The first-order valence-corrected chi connectivity index (χ1v) is 9.36. The van der Waals surface area contributed by atoms with Crippen molar-refractivity contribution in [3.05, 3.63) is 68.2 Å². The number of thioether (sulfide) groups is 1. The molecule has 1 amide bonds. The van der Waals surface area contributed by atoms with E-state index < -0.39 is 4.92 Å². The third-order valence-electron chi connectivity index (χ3n) is 3.92. The first kappa shape index (κ1) is 17.8. The van der Waals surface area contributed by atoms with Crippen LogP contribution in [0.25, 0.3) is 0 Å². The molecule has 0 bridgehead atoms. The van der Waals surface area contributed by atoms with E-state index in [0.717, 1.165) is 21.5 Å². The average molecular weight is 423 g/mol. The SMILES string of the molecule is COc1ccc(C2SCCN2C(=O)c2cccc([N+](=O)[O-])c2)cc1Br. The van der Waals surface area contributed by atoms with Crippen LogP contribution in [0, 0.1) is 10.1 Å². The van der Waals surface area contributed by atoms with Gasteiger partial charge in [0.2, 0.25) is 0 Å². The van der Waals surface area contributed by atoms with Crippen LogP contribution in [0.2, 0.25) is 0 Å². The lowest BCUT2D eigenvalue weighted by Crippen LogP contribution is -2.30. The molecule has 1 unspecified atom stereocenters. The van der Waals surface area contributed by atoms with Crippen LogP contribution in [0.4, 0.5) is 5.69 Å². The van der Waals surface area contributed by atoms with Gasteiger partial charge in [0.1, 0.15) is 11.1 Å². The highest BCUT2D eigenvalue weighted by Crippen LogP contribution is 2.41. The van der Waals surface area contributed by atoms with E-state index in [-0.39, 0.29) is 17.0 Å². The molecule has 1 heterocycles. The molecule has 1 saturated heterocycles. The van der Waals surface area contributed by atoms with Gasteiger partial charge in [0.25, 0.3) is 11.6 Å². The molecule has 0 radical (unpaired) electrons. The van der Waals surface area contributed by atoms with Gasteiger partial charge in [-0.2, -0.15) is 0 Å². The zero-order valence-corrected chi connectivity index (χ0v) is 15.7. The Kier molecular flexibility index (Phi) is 5.29. The fourth-order valence-corrected chi connectivity index (χ4v) is 4.51. The summed E-state index contributed by atoms with van der Waals surface area (Å²) in [5.41, 5.74) is 1.23. The van der Waals surface area contributed by atoms with E-state index in [4.69, 9.17) is 4.74 Å². The van der Waals surface area contributed by atoms with Gasteiger partial charge in [-0.05, 0) is 39.7 Å². The normalized spacial score (nSPS) is 16.7. The lowest BCUT2D eigenvalue weighted by molar-refractivity contribution is -0.384. The predicted molar refractivity (Wildman–Crippen MR) is 100 cm³/mol. The third kappa shape index (κ3) is 3.64. The molecule has 0 aliphatic carbocycles. The molecule has 6 nitrogen and oxygen atoms in total. The van der Waals surface area contributed by atoms with Gasteiger partial charge in [0.05, 0.1) is 16.5 Å². The van der Waals surface area contributed by atoms with E-state index in [1.54, 1.807) is 29.8 Å². The van der Waals surface area contributed by atoms with Gasteiger partial charge in [0, 0.05) is 30.0 Å². The third-order valence-corrected chi connectivity index (χ3v) is 5.80. The van der Waals surface area contributed by atoms with Gasteiger partial charge < -0.3 is 9.64 Å². The molecule has 0 spiro atoms. The van der Waals surface area contributed by atoms with E-state index in [1.165, 1.54) is 18.2 Å². The smallest absolute Gasteiger partial charge is 0.270 e. The second kappa shape index (κ2) is 7.45. The number of methoxy groups -OCH3 is 1. The Labute approximate surface area is 157 Å². The summed E-state index contributed by atoms with van der Waals surface area (Å²) in [6.07, 6.45) is 0. The number of hydrogen-bond acceptors (Lipinski definition) is 5. The Hall–Kier alpha value is -2.06. The molecule has 1 atom stereocenters. The minimum Gasteiger partial charge on any atom is -0.496 e. The number of carbonyl (C=O) groups excluding carboxylic acids is 1. The summed E-state index contributed by atoms with van der Waals surface area (Å²) < 4.78 is 6.07. The van der Waals surface area contributed by atoms with E-state index >= 15 is 0 Å². The zero-order chi connectivity index (χ0) is 18.0. The molecule has 1 fully saturated rings. The minimum atomic E-state index is -0.492. The fourth-order valence-electron chi connectivity index (χ4n) is 2.71. The number of benzene rings is 2. The van der Waals surface area contributed by atoms with Crippen molar-refractivity contribution in [1.29, 1.82) is 0 Å². The van der Waals surface area contributed by atoms with Gasteiger partial charge in [-0.3, -0.25) is 14.9 Å². The largest absolute Gasteiger partial charge is 0.496 e. The van der Waals surface area contributed by atoms with Crippen LogP contribution in [0.5, 0.6) is 5.75 Å². The summed E-state index contributed by atoms with van der Waals surface area (Å²) in [7, 11) is 1.60. The number of nitro groups is 1. The van der Waals surface area contributed by atoms with Crippen molar-refractivity contribution in [2.45, 2.75) is 5.37 Å². The molecule has 0 saturated carbocycles. The number of ether oxygens (including phenoxy) is 1. The van der Waals surface area contributed by atoms with Crippen molar-refractivity contribution in [3.63, 3.8) is 0 Å². The van der Waals surface area contributed by atoms with E-state index in [2.05, 4.69) is 15.9 Å². The van der Waals surface area contributed by atoms with Crippen molar-refractivity contribution in [2.24, 2.45) is 0 Å². The summed E-state index contributed by atoms with van der Waals surface area (Å²) in [4.78, 5) is 25.1. The van der Waals surface area contributed by atoms with Gasteiger partial charge in [-0.15, -0.1) is 11.8 Å². The van der Waals surface area contributed by atoms with E-state index in [1.807, 2.05) is 18.2 Å². The minimum absolute atomic E-state index is 0.0820. The maximum Gasteiger partial charge on any atom is 0.270 e. The second-order valence-corrected chi connectivity index (χ2v) is 7.47.